The van der Waals surface area contributed by atoms with Crippen LogP contribution in [-0.2, 0) is 4.79 Å². The lowest BCUT2D eigenvalue weighted by Gasteiger charge is -2.32. The number of Topliss-reactive ketones (excluding diaryl/α,β-unsaturated/α-hetero) is 1. The maximum atomic E-state index is 12.5. The molecular formula is C21H30N4O3S. The van der Waals surface area contributed by atoms with E-state index in [0.717, 1.165) is 50.9 Å². The molecule has 8 heteroatoms. The average molecular weight is 419 g/mol. The van der Waals surface area contributed by atoms with Gasteiger partial charge >= 0.3 is 0 Å². The van der Waals surface area contributed by atoms with Gasteiger partial charge in [-0.1, -0.05) is 12.1 Å². The number of nitrogens with one attached hydrogen (secondary N) is 2. The SMILES string of the molecule is CC(=O)c1cccc(NC(=S)NC2CCCCN(CC(=O)N3CCCC3)C2O)c1. The number of aliphatic hydroxyl groups excluding tert-OH is 1. The van der Waals surface area contributed by atoms with Gasteiger partial charge in [-0.05, 0) is 63.4 Å². The van der Waals surface area contributed by atoms with Crippen LogP contribution in [0.3, 0.4) is 0 Å². The van der Waals surface area contributed by atoms with Gasteiger partial charge in [0.15, 0.2) is 10.9 Å². The molecule has 2 aliphatic rings. The van der Waals surface area contributed by atoms with Gasteiger partial charge in [-0.25, -0.2) is 0 Å². The van der Waals surface area contributed by atoms with Crippen molar-refractivity contribution in [3.63, 3.8) is 0 Å². The lowest BCUT2D eigenvalue weighted by molar-refractivity contribution is -0.134. The summed E-state index contributed by atoms with van der Waals surface area (Å²) in [5.74, 6) is 0.0778. The first-order valence-corrected chi connectivity index (χ1v) is 10.7. The minimum atomic E-state index is -0.785. The number of carbonyl (C=O) groups is 2. The molecule has 1 amide bonds. The topological polar surface area (TPSA) is 84.9 Å². The molecule has 29 heavy (non-hydrogen) atoms. The number of likely N-dealkylation sites (tertiary alicyclic amines) is 2. The third kappa shape index (κ3) is 5.98. The Kier molecular flexibility index (Phi) is 7.57. The zero-order chi connectivity index (χ0) is 20.8. The lowest BCUT2D eigenvalue weighted by Crippen LogP contribution is -2.53. The van der Waals surface area contributed by atoms with Gasteiger partial charge in [0.2, 0.25) is 5.91 Å². The van der Waals surface area contributed by atoms with Crippen molar-refractivity contribution < 1.29 is 14.7 Å². The molecule has 0 spiro atoms. The van der Waals surface area contributed by atoms with Gasteiger partial charge in [0, 0.05) is 30.9 Å². The van der Waals surface area contributed by atoms with E-state index in [4.69, 9.17) is 12.2 Å². The third-order valence-electron chi connectivity index (χ3n) is 5.59. The van der Waals surface area contributed by atoms with Crippen LogP contribution < -0.4 is 10.6 Å². The standard InChI is InChI=1S/C21H30N4O3S/c1-15(26)16-7-6-8-17(13-16)22-21(29)23-18-9-2-3-12-25(20(18)28)14-19(27)24-10-4-5-11-24/h6-8,13,18,20,28H,2-5,9-12,14H2,1H3,(H2,22,23,29). The van der Waals surface area contributed by atoms with Gasteiger partial charge in [-0.3, -0.25) is 14.5 Å². The van der Waals surface area contributed by atoms with Gasteiger partial charge < -0.3 is 20.6 Å². The van der Waals surface area contributed by atoms with Crippen LogP contribution in [0.1, 0.15) is 49.4 Å². The Morgan fingerprint density at radius 1 is 1.17 bits per heavy atom. The zero-order valence-electron chi connectivity index (χ0n) is 16.9. The van der Waals surface area contributed by atoms with Crippen LogP contribution in [0.2, 0.25) is 0 Å². The van der Waals surface area contributed by atoms with E-state index in [1.807, 2.05) is 15.9 Å². The summed E-state index contributed by atoms with van der Waals surface area (Å²) in [6.07, 6.45) is 3.99. The predicted molar refractivity (Wildman–Crippen MR) is 117 cm³/mol. The molecule has 0 radical (unpaired) electrons. The van der Waals surface area contributed by atoms with E-state index in [1.54, 1.807) is 18.2 Å². The molecule has 2 atom stereocenters. The first-order chi connectivity index (χ1) is 13.9. The van der Waals surface area contributed by atoms with E-state index in [1.165, 1.54) is 6.92 Å². The summed E-state index contributed by atoms with van der Waals surface area (Å²) in [5, 5.41) is 17.6. The fourth-order valence-corrected chi connectivity index (χ4v) is 4.20. The number of ketones is 1. The van der Waals surface area contributed by atoms with Gasteiger partial charge in [0.1, 0.15) is 6.23 Å². The van der Waals surface area contributed by atoms with Crippen LogP contribution >= 0.6 is 12.2 Å². The summed E-state index contributed by atoms with van der Waals surface area (Å²) in [6, 6.07) is 6.88. The maximum absolute atomic E-state index is 12.5. The number of carbonyl (C=O) groups excluding carboxylic acids is 2. The minimum Gasteiger partial charge on any atom is -0.376 e. The fourth-order valence-electron chi connectivity index (χ4n) is 3.93. The molecule has 0 saturated carbocycles. The minimum absolute atomic E-state index is 0.00923. The number of aliphatic hydroxyl groups is 1. The zero-order valence-corrected chi connectivity index (χ0v) is 17.7. The molecule has 3 N–H and O–H groups in total. The van der Waals surface area contributed by atoms with Crippen LogP contribution in [0.15, 0.2) is 24.3 Å². The van der Waals surface area contributed by atoms with Crippen molar-refractivity contribution in [1.29, 1.82) is 0 Å². The highest BCUT2D eigenvalue weighted by Gasteiger charge is 2.31. The summed E-state index contributed by atoms with van der Waals surface area (Å²) >= 11 is 5.42. The molecule has 7 nitrogen and oxygen atoms in total. The Bertz CT molecular complexity index is 751. The molecular weight excluding hydrogens is 388 g/mol. The molecule has 0 aliphatic carbocycles. The summed E-state index contributed by atoms with van der Waals surface area (Å²) in [6.45, 7) is 4.09. The lowest BCUT2D eigenvalue weighted by atomic mass is 10.1. The molecule has 2 unspecified atom stereocenters. The van der Waals surface area contributed by atoms with Gasteiger partial charge in [0.25, 0.3) is 0 Å². The van der Waals surface area contributed by atoms with Crippen molar-refractivity contribution in [1.82, 2.24) is 15.1 Å². The summed E-state index contributed by atoms with van der Waals surface area (Å²) in [4.78, 5) is 27.8. The molecule has 3 rings (SSSR count). The normalized spacial score (nSPS) is 22.8. The van der Waals surface area contributed by atoms with Crippen LogP contribution in [0, 0.1) is 0 Å². The number of hydrogen-bond donors (Lipinski definition) is 3. The Morgan fingerprint density at radius 2 is 1.90 bits per heavy atom. The van der Waals surface area contributed by atoms with Crippen LogP contribution in [0.4, 0.5) is 5.69 Å². The summed E-state index contributed by atoms with van der Waals surface area (Å²) in [5.41, 5.74) is 1.33. The Balaban J connectivity index is 1.58. The smallest absolute Gasteiger partial charge is 0.236 e. The van der Waals surface area contributed by atoms with Gasteiger partial charge in [-0.2, -0.15) is 0 Å². The van der Waals surface area contributed by atoms with E-state index in [9.17, 15) is 14.7 Å². The number of amides is 1. The molecule has 158 valence electrons. The number of benzene rings is 1. The number of rotatable bonds is 5. The average Bonchev–Trinajstić information content (AvgIpc) is 3.18. The highest BCUT2D eigenvalue weighted by Crippen LogP contribution is 2.18. The molecule has 1 aromatic rings. The number of anilines is 1. The first kappa shape index (κ1) is 21.7. The first-order valence-electron chi connectivity index (χ1n) is 10.3. The third-order valence-corrected chi connectivity index (χ3v) is 5.80. The molecule has 0 bridgehead atoms. The Hall–Kier alpha value is -2.03. The largest absolute Gasteiger partial charge is 0.376 e. The van der Waals surface area contributed by atoms with Gasteiger partial charge in [-0.15, -0.1) is 0 Å². The van der Waals surface area contributed by atoms with Crippen molar-refractivity contribution in [2.45, 2.75) is 51.3 Å². The molecule has 2 aliphatic heterocycles. The molecule has 0 aromatic heterocycles. The Morgan fingerprint density at radius 3 is 2.62 bits per heavy atom. The number of nitrogens with zero attached hydrogens (tertiary/aromatic N) is 2. The van der Waals surface area contributed by atoms with E-state index in [2.05, 4.69) is 10.6 Å². The molecule has 2 fully saturated rings. The van der Waals surface area contributed by atoms with E-state index in [0.29, 0.717) is 17.2 Å². The second kappa shape index (κ2) is 10.1. The number of thiocarbonyl (C=S) groups is 1. The quantitative estimate of drug-likeness (QED) is 0.498. The molecule has 2 saturated heterocycles. The summed E-state index contributed by atoms with van der Waals surface area (Å²) < 4.78 is 0. The Labute approximate surface area is 177 Å². The highest BCUT2D eigenvalue weighted by molar-refractivity contribution is 7.80. The molecule has 2 heterocycles. The van der Waals surface area contributed by atoms with Gasteiger partial charge in [0.05, 0.1) is 12.6 Å². The van der Waals surface area contributed by atoms with Crippen molar-refractivity contribution in [2.24, 2.45) is 0 Å². The molecule has 1 aromatic carbocycles. The number of hydrogen-bond acceptors (Lipinski definition) is 5. The van der Waals surface area contributed by atoms with E-state index >= 15 is 0 Å². The van der Waals surface area contributed by atoms with Crippen LogP contribution in [0.5, 0.6) is 0 Å². The van der Waals surface area contributed by atoms with Crippen LogP contribution in [-0.4, -0.2) is 70.2 Å². The summed E-state index contributed by atoms with van der Waals surface area (Å²) in [7, 11) is 0. The van der Waals surface area contributed by atoms with Crippen molar-refractivity contribution in [2.75, 3.05) is 31.5 Å². The second-order valence-corrected chi connectivity index (χ2v) is 8.22. The van der Waals surface area contributed by atoms with Crippen LogP contribution in [0.25, 0.3) is 0 Å². The monoisotopic (exact) mass is 418 g/mol. The van der Waals surface area contributed by atoms with E-state index < -0.39 is 6.23 Å². The second-order valence-electron chi connectivity index (χ2n) is 7.81. The maximum Gasteiger partial charge on any atom is 0.236 e. The van der Waals surface area contributed by atoms with Crippen molar-refractivity contribution in [3.05, 3.63) is 29.8 Å². The predicted octanol–water partition coefficient (Wildman–Crippen LogP) is 1.97. The van der Waals surface area contributed by atoms with E-state index in [-0.39, 0.29) is 24.3 Å². The fraction of sp³-hybridized carbons (Fsp3) is 0.571. The van der Waals surface area contributed by atoms with Crippen molar-refractivity contribution in [3.8, 4) is 0 Å². The van der Waals surface area contributed by atoms with Crippen molar-refractivity contribution >= 4 is 34.7 Å². The highest BCUT2D eigenvalue weighted by atomic mass is 32.1.